The third kappa shape index (κ3) is 8.56. The van der Waals surface area contributed by atoms with Crippen molar-refractivity contribution in [3.05, 3.63) is 0 Å². The molecule has 0 spiro atoms. The molecule has 0 amide bonds. The Morgan fingerprint density at radius 2 is 1.92 bits per heavy atom. The van der Waals surface area contributed by atoms with Gasteiger partial charge in [0.1, 0.15) is 8.11 Å². The lowest BCUT2D eigenvalue weighted by Crippen LogP contribution is -2.14. The maximum absolute atomic E-state index is 6.21. The van der Waals surface area contributed by atoms with E-state index >= 15 is 0 Å². The van der Waals surface area contributed by atoms with Crippen LogP contribution in [0.5, 0.6) is 0 Å². The zero-order valence-corrected chi connectivity index (χ0v) is 10.3. The van der Waals surface area contributed by atoms with Crippen LogP contribution in [0.15, 0.2) is 0 Å². The summed E-state index contributed by atoms with van der Waals surface area (Å²) in [4.78, 5) is 0. The molecule has 1 N–H and O–H groups in total. The molecule has 0 rings (SSSR count). The third-order valence-electron chi connectivity index (χ3n) is 1.97. The quantitative estimate of drug-likeness (QED) is 0.367. The summed E-state index contributed by atoms with van der Waals surface area (Å²) in [7, 11) is -0.809. The van der Waals surface area contributed by atoms with Crippen LogP contribution in [0.4, 0.5) is 0 Å². The van der Waals surface area contributed by atoms with Crippen LogP contribution in [0, 0.1) is 0 Å². The van der Waals surface area contributed by atoms with Gasteiger partial charge in [-0.05, 0) is 31.6 Å². The Balaban J connectivity index is 2.97. The molecule has 0 aromatic carbocycles. The molecule has 0 saturated carbocycles. The van der Waals surface area contributed by atoms with Gasteiger partial charge in [-0.2, -0.15) is 11.1 Å². The number of unbranched alkanes of at least 4 members (excludes halogenated alkanes) is 1. The average molecular weight is 208 g/mol. The van der Waals surface area contributed by atoms with E-state index in [-0.39, 0.29) is 0 Å². The lowest BCUT2D eigenvalue weighted by atomic mass is 10.3. The molecule has 0 saturated heterocycles. The highest BCUT2D eigenvalue weighted by Gasteiger charge is 2.03. The van der Waals surface area contributed by atoms with Gasteiger partial charge in [-0.25, -0.2) is 0 Å². The second kappa shape index (κ2) is 9.55. The summed E-state index contributed by atoms with van der Waals surface area (Å²) in [6.07, 6.45) is 3.90. The lowest BCUT2D eigenvalue weighted by molar-refractivity contribution is 0.661. The Hall–Kier alpha value is 0.467. The Morgan fingerprint density at radius 3 is 2.50 bits per heavy atom. The minimum atomic E-state index is -0.809. The largest absolute Gasteiger partial charge is 0.317 e. The van der Waals surface area contributed by atoms with E-state index in [1.54, 1.807) is 0 Å². The summed E-state index contributed by atoms with van der Waals surface area (Å²) >= 11 is 6.21. The van der Waals surface area contributed by atoms with Crippen LogP contribution in [-0.2, 0) is 0 Å². The zero-order valence-electron chi connectivity index (χ0n) is 8.41. The molecule has 0 aliphatic heterocycles. The summed E-state index contributed by atoms with van der Waals surface area (Å²) in [5.41, 5.74) is 0. The highest BCUT2D eigenvalue weighted by Crippen LogP contribution is 2.10. The average Bonchev–Trinajstić information content (AvgIpc) is 2.05. The smallest absolute Gasteiger partial charge is 0.141 e. The van der Waals surface area contributed by atoms with Gasteiger partial charge >= 0.3 is 0 Å². The highest BCUT2D eigenvalue weighted by atomic mass is 35.6. The maximum Gasteiger partial charge on any atom is 0.141 e. The number of nitrogens with one attached hydrogen (secondary N) is 1. The fourth-order valence-corrected chi connectivity index (χ4v) is 4.01. The normalized spacial score (nSPS) is 13.2. The van der Waals surface area contributed by atoms with E-state index in [9.17, 15) is 0 Å². The van der Waals surface area contributed by atoms with Crippen molar-refractivity contribution in [2.24, 2.45) is 0 Å². The number of hydrogen-bond donors (Lipinski definition) is 1. The molecular weight excluding hydrogens is 186 g/mol. The summed E-state index contributed by atoms with van der Waals surface area (Å²) in [6.45, 7) is 6.63. The number of hydrogen-bond acceptors (Lipinski definition) is 1. The first-order chi connectivity index (χ1) is 5.81. The molecule has 0 fully saturated rings. The molecule has 0 bridgehead atoms. The maximum atomic E-state index is 6.21. The molecule has 0 heterocycles. The van der Waals surface area contributed by atoms with Gasteiger partial charge in [-0.3, -0.25) is 0 Å². The highest BCUT2D eigenvalue weighted by molar-refractivity contribution is 7.06. The summed E-state index contributed by atoms with van der Waals surface area (Å²) in [5.74, 6) is 0. The van der Waals surface area contributed by atoms with E-state index in [1.165, 1.54) is 37.9 Å². The first-order valence-corrected chi connectivity index (χ1v) is 8.53. The van der Waals surface area contributed by atoms with E-state index in [4.69, 9.17) is 11.1 Å². The summed E-state index contributed by atoms with van der Waals surface area (Å²) in [5, 5.41) is 3.33. The van der Waals surface area contributed by atoms with E-state index in [0.717, 1.165) is 6.54 Å². The van der Waals surface area contributed by atoms with Gasteiger partial charge in [-0.1, -0.05) is 26.7 Å². The van der Waals surface area contributed by atoms with Gasteiger partial charge in [0, 0.05) is 0 Å². The molecule has 0 aromatic rings. The SMILES string of the molecule is CCC[SiH](Cl)CCCCNCC. The first kappa shape index (κ1) is 12.5. The second-order valence-electron chi connectivity index (χ2n) is 3.24. The van der Waals surface area contributed by atoms with E-state index < -0.39 is 8.11 Å². The third-order valence-corrected chi connectivity index (χ3v) is 5.52. The van der Waals surface area contributed by atoms with Gasteiger partial charge in [0.2, 0.25) is 0 Å². The van der Waals surface area contributed by atoms with Crippen LogP contribution in [0.2, 0.25) is 12.1 Å². The Bertz CT molecular complexity index is 90.6. The fourth-order valence-electron chi connectivity index (χ4n) is 1.25. The molecule has 0 aliphatic carbocycles. The van der Waals surface area contributed by atoms with Crippen molar-refractivity contribution in [3.63, 3.8) is 0 Å². The molecule has 0 aliphatic rings. The minimum absolute atomic E-state index is 0.809. The summed E-state index contributed by atoms with van der Waals surface area (Å²) in [6, 6.07) is 2.63. The van der Waals surface area contributed by atoms with Crippen LogP contribution in [-0.4, -0.2) is 21.2 Å². The summed E-state index contributed by atoms with van der Waals surface area (Å²) < 4.78 is 0. The van der Waals surface area contributed by atoms with E-state index in [2.05, 4.69) is 19.2 Å². The Morgan fingerprint density at radius 1 is 1.17 bits per heavy atom. The van der Waals surface area contributed by atoms with Crippen molar-refractivity contribution < 1.29 is 0 Å². The van der Waals surface area contributed by atoms with Gasteiger partial charge in [0.05, 0.1) is 0 Å². The fraction of sp³-hybridized carbons (Fsp3) is 1.00. The van der Waals surface area contributed by atoms with Crippen LogP contribution in [0.3, 0.4) is 0 Å². The number of rotatable bonds is 8. The Labute approximate surface area is 83.2 Å². The molecule has 3 heteroatoms. The topological polar surface area (TPSA) is 12.0 Å². The van der Waals surface area contributed by atoms with Crippen molar-refractivity contribution >= 4 is 19.2 Å². The molecule has 1 atom stereocenters. The molecule has 0 radical (unpaired) electrons. The predicted molar refractivity (Wildman–Crippen MR) is 60.7 cm³/mol. The van der Waals surface area contributed by atoms with E-state index in [0.29, 0.717) is 0 Å². The number of halogens is 1. The molecule has 74 valence electrons. The monoisotopic (exact) mass is 207 g/mol. The second-order valence-corrected chi connectivity index (χ2v) is 7.44. The van der Waals surface area contributed by atoms with Crippen LogP contribution >= 0.6 is 11.1 Å². The van der Waals surface area contributed by atoms with Crippen molar-refractivity contribution in [3.8, 4) is 0 Å². The van der Waals surface area contributed by atoms with Crippen molar-refractivity contribution in [2.75, 3.05) is 13.1 Å². The van der Waals surface area contributed by atoms with Crippen LogP contribution in [0.1, 0.15) is 33.1 Å². The lowest BCUT2D eigenvalue weighted by Gasteiger charge is -2.05. The molecule has 12 heavy (non-hydrogen) atoms. The van der Waals surface area contributed by atoms with Gasteiger partial charge in [0.15, 0.2) is 0 Å². The predicted octanol–water partition coefficient (Wildman–Crippen LogP) is 2.75. The Kier molecular flexibility index (Phi) is 9.93. The van der Waals surface area contributed by atoms with Crippen molar-refractivity contribution in [1.29, 1.82) is 0 Å². The minimum Gasteiger partial charge on any atom is -0.317 e. The van der Waals surface area contributed by atoms with Gasteiger partial charge in [-0.15, -0.1) is 0 Å². The van der Waals surface area contributed by atoms with Crippen LogP contribution < -0.4 is 5.32 Å². The van der Waals surface area contributed by atoms with Gasteiger partial charge in [0.25, 0.3) is 0 Å². The molecule has 0 aromatic heterocycles. The van der Waals surface area contributed by atoms with Gasteiger partial charge < -0.3 is 5.32 Å². The zero-order chi connectivity index (χ0) is 9.23. The van der Waals surface area contributed by atoms with E-state index in [1.807, 2.05) is 0 Å². The molecule has 1 nitrogen and oxygen atoms in total. The molecule has 1 unspecified atom stereocenters. The van der Waals surface area contributed by atoms with Crippen molar-refractivity contribution in [2.45, 2.75) is 45.2 Å². The molecular formula is C9H22ClNSi. The standard InChI is InChI=1S/C9H22ClNSi/c1-3-8-12(10)9-6-5-7-11-4-2/h11-12H,3-9H2,1-2H3. The first-order valence-electron chi connectivity index (χ1n) is 5.16. The van der Waals surface area contributed by atoms with Crippen LogP contribution in [0.25, 0.3) is 0 Å². The van der Waals surface area contributed by atoms with Crippen molar-refractivity contribution in [1.82, 2.24) is 5.32 Å².